The second kappa shape index (κ2) is 5.28. The molecule has 0 unspecified atom stereocenters. The van der Waals surface area contributed by atoms with Crippen molar-refractivity contribution in [2.24, 2.45) is 0 Å². The molecule has 0 bridgehead atoms. The molecule has 1 saturated carbocycles. The Labute approximate surface area is 100 Å². The van der Waals surface area contributed by atoms with Crippen LogP contribution in [0.3, 0.4) is 0 Å². The summed E-state index contributed by atoms with van der Waals surface area (Å²) in [5, 5.41) is 0. The molecule has 1 heterocycles. The molecule has 0 aromatic carbocycles. The van der Waals surface area contributed by atoms with Gasteiger partial charge in [0.2, 0.25) is 0 Å². The zero-order chi connectivity index (χ0) is 10.7. The van der Waals surface area contributed by atoms with E-state index in [1.54, 1.807) is 11.3 Å². The van der Waals surface area contributed by atoms with Crippen LogP contribution in [-0.2, 0) is 6.54 Å². The van der Waals surface area contributed by atoms with E-state index in [-0.39, 0.29) is 0 Å². The van der Waals surface area contributed by atoms with Gasteiger partial charge in [-0.1, -0.05) is 31.4 Å². The predicted octanol–water partition coefficient (Wildman–Crippen LogP) is 3.56. The van der Waals surface area contributed by atoms with E-state index < -0.39 is 0 Å². The number of hydrogen-bond acceptors (Lipinski definition) is 3. The van der Waals surface area contributed by atoms with Crippen molar-refractivity contribution >= 4 is 22.9 Å². The quantitative estimate of drug-likeness (QED) is 0.805. The number of nitrogens with zero attached hydrogens (tertiary/aromatic N) is 2. The van der Waals surface area contributed by atoms with Gasteiger partial charge in [0, 0.05) is 23.7 Å². The number of rotatable bonds is 4. The van der Waals surface area contributed by atoms with Crippen molar-refractivity contribution in [2.45, 2.75) is 45.2 Å². The SMILES string of the molecule is CCN(Cc1cnc(Cl)s1)C1CCCC1. The van der Waals surface area contributed by atoms with Crippen molar-refractivity contribution in [1.82, 2.24) is 9.88 Å². The van der Waals surface area contributed by atoms with Crippen LogP contribution >= 0.6 is 22.9 Å². The fourth-order valence-electron chi connectivity index (χ4n) is 2.33. The largest absolute Gasteiger partial charge is 0.296 e. The van der Waals surface area contributed by atoms with Gasteiger partial charge in [-0.15, -0.1) is 11.3 Å². The van der Waals surface area contributed by atoms with Gasteiger partial charge in [0.05, 0.1) is 0 Å². The van der Waals surface area contributed by atoms with Gasteiger partial charge in [0.15, 0.2) is 4.47 Å². The van der Waals surface area contributed by atoms with Crippen molar-refractivity contribution in [3.63, 3.8) is 0 Å². The summed E-state index contributed by atoms with van der Waals surface area (Å²) in [6, 6.07) is 0.788. The molecule has 15 heavy (non-hydrogen) atoms. The maximum Gasteiger partial charge on any atom is 0.183 e. The molecule has 1 aromatic rings. The van der Waals surface area contributed by atoms with Gasteiger partial charge in [0.1, 0.15) is 0 Å². The minimum Gasteiger partial charge on any atom is -0.296 e. The van der Waals surface area contributed by atoms with E-state index in [9.17, 15) is 0 Å². The lowest BCUT2D eigenvalue weighted by Crippen LogP contribution is -2.32. The standard InChI is InChI=1S/C11H17ClN2S/c1-2-14(9-5-3-4-6-9)8-10-7-13-11(12)15-10/h7,9H,2-6,8H2,1H3. The smallest absolute Gasteiger partial charge is 0.183 e. The van der Waals surface area contributed by atoms with Crippen molar-refractivity contribution in [3.8, 4) is 0 Å². The Kier molecular flexibility index (Phi) is 4.00. The number of aromatic nitrogens is 1. The third-order valence-corrected chi connectivity index (χ3v) is 4.23. The fraction of sp³-hybridized carbons (Fsp3) is 0.727. The summed E-state index contributed by atoms with van der Waals surface area (Å²) in [6.07, 6.45) is 7.42. The topological polar surface area (TPSA) is 16.1 Å². The van der Waals surface area contributed by atoms with Crippen LogP contribution < -0.4 is 0 Å². The van der Waals surface area contributed by atoms with E-state index in [4.69, 9.17) is 11.6 Å². The Morgan fingerprint density at radius 1 is 1.53 bits per heavy atom. The van der Waals surface area contributed by atoms with Crippen LogP contribution in [0.1, 0.15) is 37.5 Å². The molecule has 0 aliphatic heterocycles. The van der Waals surface area contributed by atoms with E-state index in [0.717, 1.165) is 19.1 Å². The molecule has 1 aliphatic carbocycles. The summed E-state index contributed by atoms with van der Waals surface area (Å²) < 4.78 is 0.660. The average Bonchev–Trinajstić information content (AvgIpc) is 2.85. The first-order chi connectivity index (χ1) is 7.29. The molecular weight excluding hydrogens is 228 g/mol. The van der Waals surface area contributed by atoms with E-state index in [2.05, 4.69) is 16.8 Å². The molecular formula is C11H17ClN2S. The minimum atomic E-state index is 0.660. The number of hydrogen-bond donors (Lipinski definition) is 0. The fourth-order valence-corrected chi connectivity index (χ4v) is 3.33. The van der Waals surface area contributed by atoms with Crippen LogP contribution in [0.4, 0.5) is 0 Å². The van der Waals surface area contributed by atoms with Crippen molar-refractivity contribution in [1.29, 1.82) is 0 Å². The molecule has 0 amide bonds. The first-order valence-electron chi connectivity index (χ1n) is 5.64. The third-order valence-electron chi connectivity index (χ3n) is 3.13. The lowest BCUT2D eigenvalue weighted by atomic mass is 10.2. The van der Waals surface area contributed by atoms with E-state index in [0.29, 0.717) is 4.47 Å². The molecule has 1 aliphatic rings. The maximum absolute atomic E-state index is 5.84. The Morgan fingerprint density at radius 3 is 2.80 bits per heavy atom. The van der Waals surface area contributed by atoms with Gasteiger partial charge in [-0.25, -0.2) is 4.98 Å². The van der Waals surface area contributed by atoms with Crippen LogP contribution in [0, 0.1) is 0 Å². The molecule has 0 saturated heterocycles. The Morgan fingerprint density at radius 2 is 2.27 bits per heavy atom. The third kappa shape index (κ3) is 2.92. The van der Waals surface area contributed by atoms with Crippen LogP contribution in [-0.4, -0.2) is 22.5 Å². The highest BCUT2D eigenvalue weighted by Crippen LogP contribution is 2.26. The lowest BCUT2D eigenvalue weighted by molar-refractivity contribution is 0.202. The summed E-state index contributed by atoms with van der Waals surface area (Å²) in [4.78, 5) is 7.93. The maximum atomic E-state index is 5.84. The van der Waals surface area contributed by atoms with E-state index in [1.165, 1.54) is 30.6 Å². The molecule has 1 fully saturated rings. The van der Waals surface area contributed by atoms with Crippen molar-refractivity contribution < 1.29 is 0 Å². The average molecular weight is 245 g/mol. The van der Waals surface area contributed by atoms with E-state index in [1.807, 2.05) is 6.20 Å². The molecule has 4 heteroatoms. The molecule has 2 rings (SSSR count). The van der Waals surface area contributed by atoms with Crippen LogP contribution in [0.25, 0.3) is 0 Å². The number of thiazole rings is 1. The highest BCUT2D eigenvalue weighted by Gasteiger charge is 2.21. The molecule has 2 nitrogen and oxygen atoms in total. The lowest BCUT2D eigenvalue weighted by Gasteiger charge is -2.26. The monoisotopic (exact) mass is 244 g/mol. The first-order valence-corrected chi connectivity index (χ1v) is 6.83. The van der Waals surface area contributed by atoms with Crippen LogP contribution in [0.2, 0.25) is 4.47 Å². The minimum absolute atomic E-state index is 0.660. The van der Waals surface area contributed by atoms with Gasteiger partial charge < -0.3 is 0 Å². The zero-order valence-corrected chi connectivity index (χ0v) is 10.7. The van der Waals surface area contributed by atoms with Crippen molar-refractivity contribution in [3.05, 3.63) is 15.5 Å². The molecule has 0 N–H and O–H groups in total. The van der Waals surface area contributed by atoms with Gasteiger partial charge in [0.25, 0.3) is 0 Å². The second-order valence-electron chi connectivity index (χ2n) is 4.08. The normalized spacial score (nSPS) is 17.8. The summed E-state index contributed by atoms with van der Waals surface area (Å²) in [5.41, 5.74) is 0. The zero-order valence-electron chi connectivity index (χ0n) is 9.08. The summed E-state index contributed by atoms with van der Waals surface area (Å²) in [7, 11) is 0. The molecule has 0 radical (unpaired) electrons. The Bertz CT molecular complexity index is 307. The molecule has 0 spiro atoms. The Balaban J connectivity index is 1.95. The highest BCUT2D eigenvalue weighted by atomic mass is 35.5. The summed E-state index contributed by atoms with van der Waals surface area (Å²) >= 11 is 7.44. The number of halogens is 1. The Hall–Kier alpha value is -0.120. The van der Waals surface area contributed by atoms with Crippen LogP contribution in [0.5, 0.6) is 0 Å². The summed E-state index contributed by atoms with van der Waals surface area (Å²) in [6.45, 7) is 4.38. The van der Waals surface area contributed by atoms with Gasteiger partial charge >= 0.3 is 0 Å². The summed E-state index contributed by atoms with van der Waals surface area (Å²) in [5.74, 6) is 0. The molecule has 0 atom stereocenters. The van der Waals surface area contributed by atoms with E-state index >= 15 is 0 Å². The predicted molar refractivity (Wildman–Crippen MR) is 65.5 cm³/mol. The van der Waals surface area contributed by atoms with Crippen LogP contribution in [0.15, 0.2) is 6.20 Å². The highest BCUT2D eigenvalue weighted by molar-refractivity contribution is 7.15. The van der Waals surface area contributed by atoms with Gasteiger partial charge in [-0.05, 0) is 19.4 Å². The van der Waals surface area contributed by atoms with Gasteiger partial charge in [-0.2, -0.15) is 0 Å². The molecule has 84 valence electrons. The molecule has 1 aromatic heterocycles. The van der Waals surface area contributed by atoms with Crippen molar-refractivity contribution in [2.75, 3.05) is 6.54 Å². The van der Waals surface area contributed by atoms with Gasteiger partial charge in [-0.3, -0.25) is 4.90 Å². The first kappa shape index (κ1) is 11.4. The second-order valence-corrected chi connectivity index (χ2v) is 5.78.